The second-order valence-electron chi connectivity index (χ2n) is 4.51. The zero-order chi connectivity index (χ0) is 10.2. The lowest BCUT2D eigenvalue weighted by molar-refractivity contribution is 0.102. The molecule has 1 aliphatic carbocycles. The molecule has 0 heterocycles. The fourth-order valence-electron chi connectivity index (χ4n) is 2.21. The molecule has 2 nitrogen and oxygen atoms in total. The van der Waals surface area contributed by atoms with Crippen LogP contribution in [0.25, 0.3) is 0 Å². The molecule has 1 saturated carbocycles. The number of rotatable bonds is 6. The summed E-state index contributed by atoms with van der Waals surface area (Å²) >= 11 is 0. The summed E-state index contributed by atoms with van der Waals surface area (Å²) in [6.07, 6.45) is 10.8. The third kappa shape index (κ3) is 4.97. The van der Waals surface area contributed by atoms with Gasteiger partial charge in [-0.15, -0.1) is 0 Å². The van der Waals surface area contributed by atoms with Crippen LogP contribution in [0.15, 0.2) is 0 Å². The van der Waals surface area contributed by atoms with Gasteiger partial charge in [-0.3, -0.25) is 5.32 Å². The monoisotopic (exact) mass is 199 g/mol. The Bertz CT molecular complexity index is 132. The van der Waals surface area contributed by atoms with Gasteiger partial charge in [0.05, 0.1) is 0 Å². The number of hydrogen-bond acceptors (Lipinski definition) is 2. The van der Waals surface area contributed by atoms with Gasteiger partial charge in [0, 0.05) is 6.04 Å². The Kier molecular flexibility index (Phi) is 6.20. The van der Waals surface area contributed by atoms with E-state index in [1.54, 1.807) is 0 Å². The first-order valence-corrected chi connectivity index (χ1v) is 6.27. The van der Waals surface area contributed by atoms with Crippen molar-refractivity contribution < 1.29 is 5.11 Å². The first kappa shape index (κ1) is 12.0. The van der Waals surface area contributed by atoms with E-state index in [0.717, 1.165) is 12.8 Å². The highest BCUT2D eigenvalue weighted by Crippen LogP contribution is 2.18. The van der Waals surface area contributed by atoms with Gasteiger partial charge in [-0.05, 0) is 25.7 Å². The van der Waals surface area contributed by atoms with Gasteiger partial charge in [0.2, 0.25) is 0 Å². The molecule has 0 bridgehead atoms. The lowest BCUT2D eigenvalue weighted by Gasteiger charge is -2.25. The van der Waals surface area contributed by atoms with Gasteiger partial charge in [0.15, 0.2) is 0 Å². The normalized spacial score (nSPS) is 21.0. The molecular formula is C12H25NO. The van der Waals surface area contributed by atoms with Crippen molar-refractivity contribution in [2.75, 3.05) is 0 Å². The molecule has 1 unspecified atom stereocenters. The average Bonchev–Trinajstić information content (AvgIpc) is 2.20. The number of aliphatic hydroxyl groups is 1. The van der Waals surface area contributed by atoms with E-state index in [-0.39, 0.29) is 6.23 Å². The van der Waals surface area contributed by atoms with Crippen molar-refractivity contribution in [3.63, 3.8) is 0 Å². The third-order valence-corrected chi connectivity index (χ3v) is 3.11. The molecule has 0 aliphatic heterocycles. The molecule has 1 aliphatic rings. The molecule has 0 saturated heterocycles. The quantitative estimate of drug-likeness (QED) is 0.509. The van der Waals surface area contributed by atoms with Gasteiger partial charge in [-0.2, -0.15) is 0 Å². The van der Waals surface area contributed by atoms with Crippen molar-refractivity contribution in [3.05, 3.63) is 0 Å². The predicted molar refractivity (Wildman–Crippen MR) is 60.2 cm³/mol. The molecule has 1 atom stereocenters. The minimum absolute atomic E-state index is 0.260. The lowest BCUT2D eigenvalue weighted by atomic mass is 9.95. The van der Waals surface area contributed by atoms with Crippen LogP contribution in [-0.2, 0) is 0 Å². The van der Waals surface area contributed by atoms with Crippen LogP contribution in [-0.4, -0.2) is 17.4 Å². The van der Waals surface area contributed by atoms with E-state index in [9.17, 15) is 5.11 Å². The number of aliphatic hydroxyl groups excluding tert-OH is 1. The Morgan fingerprint density at radius 3 is 2.57 bits per heavy atom. The van der Waals surface area contributed by atoms with Crippen molar-refractivity contribution in [1.29, 1.82) is 0 Å². The Labute approximate surface area is 88.1 Å². The second-order valence-corrected chi connectivity index (χ2v) is 4.51. The molecule has 0 aromatic rings. The summed E-state index contributed by atoms with van der Waals surface area (Å²) in [6, 6.07) is 0.584. The van der Waals surface area contributed by atoms with E-state index in [1.807, 2.05) is 0 Å². The fraction of sp³-hybridized carbons (Fsp3) is 1.00. The van der Waals surface area contributed by atoms with Gasteiger partial charge in [-0.1, -0.05) is 39.0 Å². The Balaban J connectivity index is 2.03. The van der Waals surface area contributed by atoms with Crippen molar-refractivity contribution in [3.8, 4) is 0 Å². The van der Waals surface area contributed by atoms with Gasteiger partial charge in [-0.25, -0.2) is 0 Å². The maximum atomic E-state index is 9.72. The summed E-state index contributed by atoms with van der Waals surface area (Å²) < 4.78 is 0. The van der Waals surface area contributed by atoms with Gasteiger partial charge in [0.1, 0.15) is 6.23 Å². The minimum atomic E-state index is -0.260. The Morgan fingerprint density at radius 1 is 1.21 bits per heavy atom. The van der Waals surface area contributed by atoms with Crippen LogP contribution in [0.3, 0.4) is 0 Å². The van der Waals surface area contributed by atoms with Crippen LogP contribution in [0, 0.1) is 0 Å². The molecule has 2 N–H and O–H groups in total. The van der Waals surface area contributed by atoms with Crippen molar-refractivity contribution in [2.45, 2.75) is 77.0 Å². The van der Waals surface area contributed by atoms with Gasteiger partial charge >= 0.3 is 0 Å². The smallest absolute Gasteiger partial charge is 0.105 e. The topological polar surface area (TPSA) is 32.3 Å². The third-order valence-electron chi connectivity index (χ3n) is 3.11. The summed E-state index contributed by atoms with van der Waals surface area (Å²) in [4.78, 5) is 0. The second kappa shape index (κ2) is 7.24. The van der Waals surface area contributed by atoms with Gasteiger partial charge < -0.3 is 5.11 Å². The zero-order valence-electron chi connectivity index (χ0n) is 9.47. The van der Waals surface area contributed by atoms with E-state index < -0.39 is 0 Å². The lowest BCUT2D eigenvalue weighted by Crippen LogP contribution is -2.39. The van der Waals surface area contributed by atoms with Crippen molar-refractivity contribution in [2.24, 2.45) is 0 Å². The maximum absolute atomic E-state index is 9.72. The Hall–Kier alpha value is -0.0800. The van der Waals surface area contributed by atoms with E-state index in [2.05, 4.69) is 12.2 Å². The standard InChI is InChI=1S/C12H25NO/c1-2-3-5-10-12(14)13-11-8-6-4-7-9-11/h11-14H,2-10H2,1H3. The molecular weight excluding hydrogens is 174 g/mol. The molecule has 0 aromatic carbocycles. The molecule has 0 spiro atoms. The molecule has 14 heavy (non-hydrogen) atoms. The Morgan fingerprint density at radius 2 is 1.93 bits per heavy atom. The summed E-state index contributed by atoms with van der Waals surface area (Å²) in [5.74, 6) is 0. The molecule has 84 valence electrons. The maximum Gasteiger partial charge on any atom is 0.105 e. The van der Waals surface area contributed by atoms with Crippen LogP contribution in [0.5, 0.6) is 0 Å². The van der Waals surface area contributed by atoms with E-state index >= 15 is 0 Å². The highest BCUT2D eigenvalue weighted by atomic mass is 16.3. The SMILES string of the molecule is CCCCCC(O)NC1CCCCC1. The molecule has 0 radical (unpaired) electrons. The molecule has 1 rings (SSSR count). The summed E-state index contributed by atoms with van der Waals surface area (Å²) in [7, 11) is 0. The zero-order valence-corrected chi connectivity index (χ0v) is 9.47. The predicted octanol–water partition coefficient (Wildman–Crippen LogP) is 2.81. The largest absolute Gasteiger partial charge is 0.379 e. The minimum Gasteiger partial charge on any atom is -0.379 e. The van der Waals surface area contributed by atoms with Crippen molar-refractivity contribution >= 4 is 0 Å². The fourth-order valence-corrected chi connectivity index (χ4v) is 2.21. The van der Waals surface area contributed by atoms with Crippen LogP contribution in [0.4, 0.5) is 0 Å². The molecule has 1 fully saturated rings. The van der Waals surface area contributed by atoms with E-state index in [0.29, 0.717) is 6.04 Å². The molecule has 2 heteroatoms. The summed E-state index contributed by atoms with van der Waals surface area (Å²) in [5.41, 5.74) is 0. The first-order valence-electron chi connectivity index (χ1n) is 6.27. The van der Waals surface area contributed by atoms with E-state index in [1.165, 1.54) is 44.9 Å². The number of hydrogen-bond donors (Lipinski definition) is 2. The average molecular weight is 199 g/mol. The van der Waals surface area contributed by atoms with E-state index in [4.69, 9.17) is 0 Å². The molecule has 0 amide bonds. The number of nitrogens with one attached hydrogen (secondary N) is 1. The van der Waals surface area contributed by atoms with Crippen LogP contribution < -0.4 is 5.32 Å². The highest BCUT2D eigenvalue weighted by Gasteiger charge is 2.15. The summed E-state index contributed by atoms with van der Waals surface area (Å²) in [6.45, 7) is 2.20. The number of unbranched alkanes of at least 4 members (excludes halogenated alkanes) is 2. The van der Waals surface area contributed by atoms with Gasteiger partial charge in [0.25, 0.3) is 0 Å². The van der Waals surface area contributed by atoms with Crippen LogP contribution in [0.1, 0.15) is 64.7 Å². The first-order chi connectivity index (χ1) is 6.83. The molecule has 0 aromatic heterocycles. The van der Waals surface area contributed by atoms with Crippen molar-refractivity contribution in [1.82, 2.24) is 5.32 Å². The summed E-state index contributed by atoms with van der Waals surface area (Å²) in [5, 5.41) is 13.1. The highest BCUT2D eigenvalue weighted by molar-refractivity contribution is 4.72. The van der Waals surface area contributed by atoms with Crippen LogP contribution >= 0.6 is 0 Å². The van der Waals surface area contributed by atoms with Crippen LogP contribution in [0.2, 0.25) is 0 Å².